The largest absolute Gasteiger partial charge is 0.387 e. The summed E-state index contributed by atoms with van der Waals surface area (Å²) in [7, 11) is 0. The Kier molecular flexibility index (Phi) is 6.80. The predicted molar refractivity (Wildman–Crippen MR) is 98.1 cm³/mol. The molecule has 0 saturated carbocycles. The third-order valence-corrected chi connectivity index (χ3v) is 3.99. The second-order valence-electron chi connectivity index (χ2n) is 7.62. The molecule has 0 unspecified atom stereocenters. The van der Waals surface area contributed by atoms with Gasteiger partial charge in [-0.05, 0) is 40.5 Å². The van der Waals surface area contributed by atoms with Crippen molar-refractivity contribution in [1.29, 1.82) is 5.26 Å². The highest BCUT2D eigenvalue weighted by Crippen LogP contribution is 2.28. The molecule has 1 amide bonds. The Hall–Kier alpha value is -2.06. The van der Waals surface area contributed by atoms with Crippen molar-refractivity contribution in [2.75, 3.05) is 13.1 Å². The van der Waals surface area contributed by atoms with Gasteiger partial charge in [-0.3, -0.25) is 4.79 Å². The second-order valence-corrected chi connectivity index (χ2v) is 7.62. The molecule has 1 fully saturated rings. The smallest absolute Gasteiger partial charge is 0.266 e. The van der Waals surface area contributed by atoms with Gasteiger partial charge in [0.25, 0.3) is 5.91 Å². The van der Waals surface area contributed by atoms with E-state index in [1.54, 1.807) is 18.4 Å². The lowest BCUT2D eigenvalue weighted by molar-refractivity contribution is -0.125. The van der Waals surface area contributed by atoms with Crippen molar-refractivity contribution >= 4 is 5.91 Å². The van der Waals surface area contributed by atoms with Gasteiger partial charge in [-0.2, -0.15) is 5.26 Å². The zero-order chi connectivity index (χ0) is 18.4. The fraction of sp³-hybridized carbons (Fsp3) is 0.579. The average Bonchev–Trinajstić information content (AvgIpc) is 2.44. The van der Waals surface area contributed by atoms with E-state index < -0.39 is 0 Å². The molecule has 1 rings (SSSR count). The lowest BCUT2D eigenvalue weighted by Crippen LogP contribution is -2.61. The third-order valence-electron chi connectivity index (χ3n) is 3.99. The fourth-order valence-electron chi connectivity index (χ4n) is 3.51. The van der Waals surface area contributed by atoms with E-state index in [-0.39, 0.29) is 28.6 Å². The number of amides is 1. The maximum absolute atomic E-state index is 12.5. The van der Waals surface area contributed by atoms with Gasteiger partial charge in [0.1, 0.15) is 11.6 Å². The SMILES string of the molecule is C=CCN(CC=C)C(=O)/C(C#N)=C\NC1CC(C)(C)NC(C)(C)C1. The highest BCUT2D eigenvalue weighted by atomic mass is 16.2. The number of hydrogen-bond donors (Lipinski definition) is 2. The standard InChI is InChI=1S/C19H30N4O/c1-7-9-23(10-8-2)17(24)15(13-20)14-21-16-11-18(3,4)22-19(5,6)12-16/h7-8,14,16,21-22H,1-2,9-12H2,3-6H3/b15-14-. The molecule has 1 aliphatic heterocycles. The minimum absolute atomic E-state index is 0.00177. The second kappa shape index (κ2) is 8.16. The van der Waals surface area contributed by atoms with E-state index in [9.17, 15) is 10.1 Å². The topological polar surface area (TPSA) is 68.2 Å². The van der Waals surface area contributed by atoms with Gasteiger partial charge in [0.05, 0.1) is 0 Å². The Morgan fingerprint density at radius 2 is 1.75 bits per heavy atom. The number of hydrogen-bond acceptors (Lipinski definition) is 4. The van der Waals surface area contributed by atoms with Crippen molar-refractivity contribution in [1.82, 2.24) is 15.5 Å². The summed E-state index contributed by atoms with van der Waals surface area (Å²) in [6.45, 7) is 16.7. The first kappa shape index (κ1) is 20.0. The van der Waals surface area contributed by atoms with Gasteiger partial charge in [-0.25, -0.2) is 0 Å². The summed E-state index contributed by atoms with van der Waals surface area (Å²) in [6.07, 6.45) is 6.68. The summed E-state index contributed by atoms with van der Waals surface area (Å²) in [5.74, 6) is -0.308. The van der Waals surface area contributed by atoms with Gasteiger partial charge in [-0.15, -0.1) is 13.2 Å². The molecule has 0 aliphatic carbocycles. The highest BCUT2D eigenvalue weighted by Gasteiger charge is 2.37. The van der Waals surface area contributed by atoms with Gasteiger partial charge in [-0.1, -0.05) is 12.2 Å². The van der Waals surface area contributed by atoms with Crippen LogP contribution in [-0.4, -0.2) is 41.0 Å². The predicted octanol–water partition coefficient (Wildman–Crippen LogP) is 2.49. The molecule has 1 heterocycles. The van der Waals surface area contributed by atoms with Crippen LogP contribution in [0.5, 0.6) is 0 Å². The molecule has 2 N–H and O–H groups in total. The number of nitriles is 1. The molecular weight excluding hydrogens is 300 g/mol. The van der Waals surface area contributed by atoms with Crippen molar-refractivity contribution in [3.63, 3.8) is 0 Å². The van der Waals surface area contributed by atoms with E-state index in [1.807, 2.05) is 6.07 Å². The van der Waals surface area contributed by atoms with Crippen LogP contribution in [0.25, 0.3) is 0 Å². The molecule has 132 valence electrons. The zero-order valence-electron chi connectivity index (χ0n) is 15.4. The van der Waals surface area contributed by atoms with E-state index >= 15 is 0 Å². The number of nitrogens with one attached hydrogen (secondary N) is 2. The van der Waals surface area contributed by atoms with Gasteiger partial charge in [0, 0.05) is 36.4 Å². The van der Waals surface area contributed by atoms with Gasteiger partial charge in [0.2, 0.25) is 0 Å². The molecular formula is C19H30N4O. The van der Waals surface area contributed by atoms with Crippen LogP contribution in [0, 0.1) is 11.3 Å². The zero-order valence-corrected chi connectivity index (χ0v) is 15.4. The molecule has 0 aromatic rings. The molecule has 1 saturated heterocycles. The Bertz CT molecular complexity index is 528. The minimum atomic E-state index is -0.308. The Morgan fingerprint density at radius 1 is 1.25 bits per heavy atom. The van der Waals surface area contributed by atoms with Crippen LogP contribution in [-0.2, 0) is 4.79 Å². The summed E-state index contributed by atoms with van der Waals surface area (Å²) in [4.78, 5) is 14.0. The van der Waals surface area contributed by atoms with Crippen LogP contribution in [0.2, 0.25) is 0 Å². The summed E-state index contributed by atoms with van der Waals surface area (Å²) in [5.41, 5.74) is 0.108. The minimum Gasteiger partial charge on any atom is -0.387 e. The molecule has 5 nitrogen and oxygen atoms in total. The van der Waals surface area contributed by atoms with Crippen molar-refractivity contribution < 1.29 is 4.79 Å². The maximum atomic E-state index is 12.5. The molecule has 24 heavy (non-hydrogen) atoms. The lowest BCUT2D eigenvalue weighted by Gasteiger charge is -2.46. The normalized spacial score (nSPS) is 19.9. The van der Waals surface area contributed by atoms with Gasteiger partial charge in [0.15, 0.2) is 0 Å². The van der Waals surface area contributed by atoms with E-state index in [2.05, 4.69) is 51.5 Å². The third kappa shape index (κ3) is 5.86. The molecule has 0 atom stereocenters. The highest BCUT2D eigenvalue weighted by molar-refractivity contribution is 5.97. The van der Waals surface area contributed by atoms with Crippen LogP contribution < -0.4 is 10.6 Å². The Balaban J connectivity index is 2.85. The van der Waals surface area contributed by atoms with E-state index in [0.29, 0.717) is 13.1 Å². The molecule has 0 spiro atoms. The van der Waals surface area contributed by atoms with Crippen molar-refractivity contribution in [3.05, 3.63) is 37.1 Å². The first-order valence-electron chi connectivity index (χ1n) is 8.31. The van der Waals surface area contributed by atoms with Crippen molar-refractivity contribution in [3.8, 4) is 6.07 Å². The molecule has 0 bridgehead atoms. The van der Waals surface area contributed by atoms with Crippen LogP contribution in [0.15, 0.2) is 37.1 Å². The summed E-state index contributed by atoms with van der Waals surface area (Å²) in [5, 5.41) is 16.2. The molecule has 1 aliphatic rings. The van der Waals surface area contributed by atoms with Crippen LogP contribution in [0.4, 0.5) is 0 Å². The fourth-order valence-corrected chi connectivity index (χ4v) is 3.51. The summed E-state index contributed by atoms with van der Waals surface area (Å²) >= 11 is 0. The number of piperidine rings is 1. The van der Waals surface area contributed by atoms with Gasteiger partial charge < -0.3 is 15.5 Å². The van der Waals surface area contributed by atoms with E-state index in [0.717, 1.165) is 12.8 Å². The van der Waals surface area contributed by atoms with Crippen LogP contribution >= 0.6 is 0 Å². The van der Waals surface area contributed by atoms with Crippen molar-refractivity contribution in [2.45, 2.75) is 57.7 Å². The maximum Gasteiger partial charge on any atom is 0.266 e. The van der Waals surface area contributed by atoms with Crippen LogP contribution in [0.1, 0.15) is 40.5 Å². The molecule has 5 heteroatoms. The Morgan fingerprint density at radius 3 is 2.17 bits per heavy atom. The number of nitrogens with zero attached hydrogens (tertiary/aromatic N) is 2. The van der Waals surface area contributed by atoms with Gasteiger partial charge >= 0.3 is 0 Å². The first-order valence-corrected chi connectivity index (χ1v) is 8.31. The molecule has 0 radical (unpaired) electrons. The summed E-state index contributed by atoms with van der Waals surface area (Å²) in [6, 6.07) is 2.21. The van der Waals surface area contributed by atoms with Crippen LogP contribution in [0.3, 0.4) is 0 Å². The first-order chi connectivity index (χ1) is 11.1. The quantitative estimate of drug-likeness (QED) is 0.427. The molecule has 0 aromatic carbocycles. The number of carbonyl (C=O) groups is 1. The summed E-state index contributed by atoms with van der Waals surface area (Å²) < 4.78 is 0. The number of carbonyl (C=O) groups excluding carboxylic acids is 1. The Labute approximate surface area is 146 Å². The monoisotopic (exact) mass is 330 g/mol. The number of rotatable bonds is 7. The van der Waals surface area contributed by atoms with Crippen molar-refractivity contribution in [2.24, 2.45) is 0 Å². The van der Waals surface area contributed by atoms with E-state index in [1.165, 1.54) is 4.90 Å². The van der Waals surface area contributed by atoms with E-state index in [4.69, 9.17) is 0 Å². The average molecular weight is 330 g/mol. The lowest BCUT2D eigenvalue weighted by atomic mass is 9.79. The molecule has 0 aromatic heterocycles.